The van der Waals surface area contributed by atoms with Crippen LogP contribution in [0.15, 0.2) is 6.07 Å². The lowest BCUT2D eigenvalue weighted by Gasteiger charge is -2.07. The Hall–Kier alpha value is -1.12. The van der Waals surface area contributed by atoms with Crippen LogP contribution >= 0.6 is 0 Å². The lowest BCUT2D eigenvalue weighted by molar-refractivity contribution is 0.770. The number of anilines is 1. The number of nitrogen functional groups attached to an aromatic ring is 1. The summed E-state index contributed by atoms with van der Waals surface area (Å²) in [6.07, 6.45) is 1.21. The largest absolute Gasteiger partial charge is 0.384 e. The summed E-state index contributed by atoms with van der Waals surface area (Å²) in [6, 6.07) is 1.88. The Morgan fingerprint density at radius 1 is 1.43 bits per heavy atom. The van der Waals surface area contributed by atoms with Gasteiger partial charge < -0.3 is 5.73 Å². The average Bonchev–Trinajstić information content (AvgIpc) is 2.81. The zero-order valence-electron chi connectivity index (χ0n) is 8.99. The molecule has 76 valence electrons. The maximum Gasteiger partial charge on any atom is 0.134 e. The second kappa shape index (κ2) is 3.23. The molecule has 1 aromatic rings. The van der Waals surface area contributed by atoms with Gasteiger partial charge in [0, 0.05) is 17.7 Å². The molecule has 0 radical (unpaired) electrons. The molecule has 0 aliphatic heterocycles. The molecule has 0 amide bonds. The highest BCUT2D eigenvalue weighted by Gasteiger charge is 2.36. The molecule has 0 aromatic carbocycles. The van der Waals surface area contributed by atoms with Gasteiger partial charge in [-0.25, -0.2) is 9.97 Å². The van der Waals surface area contributed by atoms with E-state index in [9.17, 15) is 0 Å². The Bertz CT molecular complexity index is 346. The molecule has 1 saturated carbocycles. The normalized spacial score (nSPS) is 25.4. The molecular weight excluding hydrogens is 174 g/mol. The van der Waals surface area contributed by atoms with E-state index >= 15 is 0 Å². The van der Waals surface area contributed by atoms with Crippen LogP contribution < -0.4 is 5.73 Å². The van der Waals surface area contributed by atoms with Gasteiger partial charge in [0.2, 0.25) is 0 Å². The zero-order valence-corrected chi connectivity index (χ0v) is 8.99. The summed E-state index contributed by atoms with van der Waals surface area (Å²) in [5.41, 5.74) is 6.82. The first-order valence-electron chi connectivity index (χ1n) is 5.22. The van der Waals surface area contributed by atoms with Gasteiger partial charge in [-0.05, 0) is 18.3 Å². The number of nitrogens with zero attached hydrogens (tertiary/aromatic N) is 2. The van der Waals surface area contributed by atoms with Crippen molar-refractivity contribution in [3.63, 3.8) is 0 Å². The molecule has 3 nitrogen and oxygen atoms in total. The number of hydrogen-bond acceptors (Lipinski definition) is 3. The summed E-state index contributed by atoms with van der Waals surface area (Å²) in [4.78, 5) is 8.85. The molecule has 1 fully saturated rings. The van der Waals surface area contributed by atoms with E-state index in [1.54, 1.807) is 0 Å². The van der Waals surface area contributed by atoms with Crippen LogP contribution in [0.25, 0.3) is 0 Å². The van der Waals surface area contributed by atoms with E-state index in [2.05, 4.69) is 30.7 Å². The highest BCUT2D eigenvalue weighted by Crippen LogP contribution is 2.45. The smallest absolute Gasteiger partial charge is 0.134 e. The molecule has 3 heteroatoms. The predicted molar refractivity (Wildman–Crippen MR) is 57.1 cm³/mol. The standard InChI is InChI=1S/C11H17N3/c1-6(2)9-5-10(12)14-11(13-9)8-4-7(8)3/h5-8H,4H2,1-3H3,(H2,12,13,14). The van der Waals surface area contributed by atoms with Crippen molar-refractivity contribution < 1.29 is 0 Å². The van der Waals surface area contributed by atoms with Crippen molar-refractivity contribution in [1.82, 2.24) is 9.97 Å². The second-order valence-corrected chi connectivity index (χ2v) is 4.55. The first-order chi connectivity index (χ1) is 6.58. The van der Waals surface area contributed by atoms with E-state index in [-0.39, 0.29) is 0 Å². The fourth-order valence-corrected chi connectivity index (χ4v) is 1.65. The average molecular weight is 191 g/mol. The first-order valence-corrected chi connectivity index (χ1v) is 5.22. The number of hydrogen-bond donors (Lipinski definition) is 1. The summed E-state index contributed by atoms with van der Waals surface area (Å²) in [7, 11) is 0. The Balaban J connectivity index is 2.32. The molecule has 1 aliphatic carbocycles. The molecule has 2 atom stereocenters. The van der Waals surface area contributed by atoms with E-state index in [1.807, 2.05) is 6.07 Å². The predicted octanol–water partition coefficient (Wildman–Crippen LogP) is 2.31. The third-order valence-corrected chi connectivity index (χ3v) is 2.82. The van der Waals surface area contributed by atoms with Gasteiger partial charge in [0.15, 0.2) is 0 Å². The Kier molecular flexibility index (Phi) is 2.17. The van der Waals surface area contributed by atoms with Crippen molar-refractivity contribution in [3.8, 4) is 0 Å². The molecule has 0 bridgehead atoms. The van der Waals surface area contributed by atoms with Gasteiger partial charge in [0.25, 0.3) is 0 Å². The van der Waals surface area contributed by atoms with Gasteiger partial charge in [-0.2, -0.15) is 0 Å². The van der Waals surface area contributed by atoms with E-state index < -0.39 is 0 Å². The topological polar surface area (TPSA) is 51.8 Å². The minimum Gasteiger partial charge on any atom is -0.384 e. The van der Waals surface area contributed by atoms with Crippen LogP contribution in [-0.2, 0) is 0 Å². The highest BCUT2D eigenvalue weighted by atomic mass is 15.0. The van der Waals surface area contributed by atoms with Crippen molar-refractivity contribution in [3.05, 3.63) is 17.6 Å². The van der Waals surface area contributed by atoms with Crippen LogP contribution in [0, 0.1) is 5.92 Å². The summed E-state index contributed by atoms with van der Waals surface area (Å²) < 4.78 is 0. The van der Waals surface area contributed by atoms with Crippen LogP contribution in [0.5, 0.6) is 0 Å². The quantitative estimate of drug-likeness (QED) is 0.780. The number of aromatic nitrogens is 2. The van der Waals surface area contributed by atoms with E-state index in [1.165, 1.54) is 6.42 Å². The Morgan fingerprint density at radius 3 is 2.57 bits per heavy atom. The molecule has 2 rings (SSSR count). The summed E-state index contributed by atoms with van der Waals surface area (Å²) >= 11 is 0. The summed E-state index contributed by atoms with van der Waals surface area (Å²) in [5.74, 6) is 3.26. The van der Waals surface area contributed by atoms with Crippen molar-refractivity contribution in [1.29, 1.82) is 0 Å². The third-order valence-electron chi connectivity index (χ3n) is 2.82. The van der Waals surface area contributed by atoms with Crippen LogP contribution in [-0.4, -0.2) is 9.97 Å². The van der Waals surface area contributed by atoms with E-state index in [0.717, 1.165) is 17.4 Å². The Morgan fingerprint density at radius 2 is 2.07 bits per heavy atom. The van der Waals surface area contributed by atoms with Crippen LogP contribution in [0.3, 0.4) is 0 Å². The van der Waals surface area contributed by atoms with Gasteiger partial charge in [-0.1, -0.05) is 20.8 Å². The maximum absolute atomic E-state index is 5.76. The van der Waals surface area contributed by atoms with Crippen molar-refractivity contribution >= 4 is 5.82 Å². The lowest BCUT2D eigenvalue weighted by Crippen LogP contribution is -2.04. The summed E-state index contributed by atoms with van der Waals surface area (Å²) in [6.45, 7) is 6.48. The van der Waals surface area contributed by atoms with Crippen LogP contribution in [0.4, 0.5) is 5.82 Å². The molecule has 0 spiro atoms. The molecule has 0 saturated heterocycles. The van der Waals surface area contributed by atoms with Crippen molar-refractivity contribution in [2.24, 2.45) is 5.92 Å². The SMILES string of the molecule is CC(C)c1cc(N)nc(C2CC2C)n1. The Labute approximate surface area is 84.8 Å². The summed E-state index contributed by atoms with van der Waals surface area (Å²) in [5, 5.41) is 0. The van der Waals surface area contributed by atoms with Gasteiger partial charge in [0.1, 0.15) is 11.6 Å². The van der Waals surface area contributed by atoms with E-state index in [0.29, 0.717) is 17.7 Å². The molecule has 1 aromatic heterocycles. The lowest BCUT2D eigenvalue weighted by atomic mass is 10.1. The van der Waals surface area contributed by atoms with Gasteiger partial charge in [-0.15, -0.1) is 0 Å². The number of rotatable bonds is 2. The molecule has 14 heavy (non-hydrogen) atoms. The minimum atomic E-state index is 0.424. The molecular formula is C11H17N3. The molecule has 1 heterocycles. The fraction of sp³-hybridized carbons (Fsp3) is 0.636. The van der Waals surface area contributed by atoms with Gasteiger partial charge in [0.05, 0.1) is 0 Å². The van der Waals surface area contributed by atoms with Gasteiger partial charge >= 0.3 is 0 Å². The first kappa shape index (κ1) is 9.44. The molecule has 2 N–H and O–H groups in total. The zero-order chi connectivity index (χ0) is 10.3. The van der Waals surface area contributed by atoms with E-state index in [4.69, 9.17) is 5.73 Å². The molecule has 2 unspecified atom stereocenters. The van der Waals surface area contributed by atoms with Crippen LogP contribution in [0.2, 0.25) is 0 Å². The molecule has 1 aliphatic rings. The minimum absolute atomic E-state index is 0.424. The fourth-order valence-electron chi connectivity index (χ4n) is 1.65. The third kappa shape index (κ3) is 1.72. The second-order valence-electron chi connectivity index (χ2n) is 4.55. The number of nitrogens with two attached hydrogens (primary N) is 1. The highest BCUT2D eigenvalue weighted by molar-refractivity contribution is 5.32. The van der Waals surface area contributed by atoms with Crippen molar-refractivity contribution in [2.45, 2.75) is 39.0 Å². The van der Waals surface area contributed by atoms with Crippen LogP contribution in [0.1, 0.15) is 50.5 Å². The van der Waals surface area contributed by atoms with Gasteiger partial charge in [-0.3, -0.25) is 0 Å². The maximum atomic E-state index is 5.76. The monoisotopic (exact) mass is 191 g/mol. The van der Waals surface area contributed by atoms with Crippen molar-refractivity contribution in [2.75, 3.05) is 5.73 Å².